The minimum absolute atomic E-state index is 0.636. The van der Waals surface area contributed by atoms with Crippen LogP contribution in [0.25, 0.3) is 0 Å². The van der Waals surface area contributed by atoms with Crippen molar-refractivity contribution in [3.63, 3.8) is 0 Å². The maximum absolute atomic E-state index is 3.58. The monoisotopic (exact) mass is 219 g/mol. The van der Waals surface area contributed by atoms with Gasteiger partial charge in [0, 0.05) is 12.6 Å². The van der Waals surface area contributed by atoms with Gasteiger partial charge < -0.3 is 5.32 Å². The average molecular weight is 219 g/mol. The Morgan fingerprint density at radius 1 is 1.06 bits per heavy atom. The molecule has 0 aliphatic heterocycles. The highest BCUT2D eigenvalue weighted by Gasteiger charge is 2.00. The van der Waals surface area contributed by atoms with Crippen molar-refractivity contribution in [2.75, 3.05) is 0 Å². The second-order valence-corrected chi connectivity index (χ2v) is 4.62. The van der Waals surface area contributed by atoms with Gasteiger partial charge in [0.05, 0.1) is 0 Å². The van der Waals surface area contributed by atoms with E-state index in [1.165, 1.54) is 37.7 Å². The molecule has 1 nitrogen and oxygen atoms in total. The zero-order valence-corrected chi connectivity index (χ0v) is 10.7. The fraction of sp³-hybridized carbons (Fsp3) is 0.600. The maximum Gasteiger partial charge on any atom is 0.0207 e. The lowest BCUT2D eigenvalue weighted by Crippen LogP contribution is -2.25. The zero-order valence-electron chi connectivity index (χ0n) is 10.7. The summed E-state index contributed by atoms with van der Waals surface area (Å²) in [7, 11) is 0. The molecule has 0 saturated carbocycles. The fourth-order valence-electron chi connectivity index (χ4n) is 1.87. The van der Waals surface area contributed by atoms with Gasteiger partial charge >= 0.3 is 0 Å². The van der Waals surface area contributed by atoms with Gasteiger partial charge in [0.15, 0.2) is 0 Å². The third-order valence-electron chi connectivity index (χ3n) is 2.99. The Morgan fingerprint density at radius 2 is 1.81 bits per heavy atom. The lowest BCUT2D eigenvalue weighted by molar-refractivity contribution is 0.483. The van der Waals surface area contributed by atoms with Crippen LogP contribution in [0.1, 0.15) is 51.5 Å². The fourth-order valence-corrected chi connectivity index (χ4v) is 1.87. The van der Waals surface area contributed by atoms with Crippen LogP contribution < -0.4 is 5.32 Å². The quantitative estimate of drug-likeness (QED) is 0.648. The molecule has 0 spiro atoms. The van der Waals surface area contributed by atoms with Gasteiger partial charge in [0.1, 0.15) is 0 Å². The molecule has 0 aliphatic carbocycles. The van der Waals surface area contributed by atoms with Gasteiger partial charge in [0.2, 0.25) is 0 Å². The number of nitrogens with one attached hydrogen (secondary N) is 1. The second-order valence-electron chi connectivity index (χ2n) is 4.62. The van der Waals surface area contributed by atoms with Crippen molar-refractivity contribution in [2.24, 2.45) is 0 Å². The van der Waals surface area contributed by atoms with Crippen molar-refractivity contribution in [3.05, 3.63) is 35.9 Å². The molecule has 0 bridgehead atoms. The Balaban J connectivity index is 2.08. The first-order valence-corrected chi connectivity index (χ1v) is 6.60. The van der Waals surface area contributed by atoms with Crippen LogP contribution in [0.5, 0.6) is 0 Å². The van der Waals surface area contributed by atoms with E-state index >= 15 is 0 Å². The number of benzene rings is 1. The first-order chi connectivity index (χ1) is 7.83. The molecular weight excluding hydrogens is 194 g/mol. The predicted octanol–water partition coefficient (Wildman–Crippen LogP) is 4.14. The second kappa shape index (κ2) is 8.35. The van der Waals surface area contributed by atoms with E-state index in [2.05, 4.69) is 49.5 Å². The molecule has 0 amide bonds. The standard InChI is InChI=1S/C15H25N/c1-3-4-5-7-10-14(2)16-13-15-11-8-6-9-12-15/h6,8-9,11-12,14,16H,3-5,7,10,13H2,1-2H3/t14-/m0/s1. The summed E-state index contributed by atoms with van der Waals surface area (Å²) >= 11 is 0. The van der Waals surface area contributed by atoms with Gasteiger partial charge in [-0.1, -0.05) is 62.9 Å². The maximum atomic E-state index is 3.58. The van der Waals surface area contributed by atoms with Gasteiger partial charge in [0.25, 0.3) is 0 Å². The minimum atomic E-state index is 0.636. The van der Waals surface area contributed by atoms with E-state index in [-0.39, 0.29) is 0 Å². The minimum Gasteiger partial charge on any atom is -0.310 e. The molecule has 90 valence electrons. The van der Waals surface area contributed by atoms with Crippen LogP contribution in [0.15, 0.2) is 30.3 Å². The van der Waals surface area contributed by atoms with Gasteiger partial charge in [-0.3, -0.25) is 0 Å². The third kappa shape index (κ3) is 5.92. The topological polar surface area (TPSA) is 12.0 Å². The molecule has 1 aromatic carbocycles. The van der Waals surface area contributed by atoms with Crippen LogP contribution in [0.2, 0.25) is 0 Å². The van der Waals surface area contributed by atoms with Crippen molar-refractivity contribution >= 4 is 0 Å². The smallest absolute Gasteiger partial charge is 0.0207 e. The summed E-state index contributed by atoms with van der Waals surface area (Å²) in [4.78, 5) is 0. The van der Waals surface area contributed by atoms with E-state index in [9.17, 15) is 0 Å². The summed E-state index contributed by atoms with van der Waals surface area (Å²) in [5.74, 6) is 0. The molecule has 1 N–H and O–H groups in total. The van der Waals surface area contributed by atoms with Gasteiger partial charge in [-0.25, -0.2) is 0 Å². The van der Waals surface area contributed by atoms with Crippen LogP contribution >= 0.6 is 0 Å². The average Bonchev–Trinajstić information content (AvgIpc) is 2.33. The first-order valence-electron chi connectivity index (χ1n) is 6.60. The van der Waals surface area contributed by atoms with Crippen molar-refractivity contribution in [1.29, 1.82) is 0 Å². The van der Waals surface area contributed by atoms with Crippen molar-refractivity contribution < 1.29 is 0 Å². The molecule has 1 aromatic rings. The molecule has 0 saturated heterocycles. The summed E-state index contributed by atoms with van der Waals surface area (Å²) in [5, 5.41) is 3.58. The molecule has 0 unspecified atom stereocenters. The van der Waals surface area contributed by atoms with Gasteiger partial charge in [-0.15, -0.1) is 0 Å². The van der Waals surface area contributed by atoms with Crippen LogP contribution in [0.4, 0.5) is 0 Å². The molecule has 0 aromatic heterocycles. The lowest BCUT2D eigenvalue weighted by atomic mass is 10.1. The van der Waals surface area contributed by atoms with E-state index in [0.717, 1.165) is 6.54 Å². The molecule has 0 aliphatic rings. The van der Waals surface area contributed by atoms with Crippen molar-refractivity contribution in [1.82, 2.24) is 5.32 Å². The van der Waals surface area contributed by atoms with Crippen LogP contribution in [0, 0.1) is 0 Å². The third-order valence-corrected chi connectivity index (χ3v) is 2.99. The molecule has 1 rings (SSSR count). The molecule has 1 heteroatoms. The van der Waals surface area contributed by atoms with Crippen LogP contribution in [-0.2, 0) is 6.54 Å². The summed E-state index contributed by atoms with van der Waals surface area (Å²) < 4.78 is 0. The van der Waals surface area contributed by atoms with Gasteiger partial charge in [-0.2, -0.15) is 0 Å². The lowest BCUT2D eigenvalue weighted by Gasteiger charge is -2.13. The highest BCUT2D eigenvalue weighted by molar-refractivity contribution is 5.14. The highest BCUT2D eigenvalue weighted by atomic mass is 14.9. The number of unbranched alkanes of at least 4 members (excludes halogenated alkanes) is 3. The van der Waals surface area contributed by atoms with Gasteiger partial charge in [-0.05, 0) is 18.9 Å². The zero-order chi connectivity index (χ0) is 11.6. The van der Waals surface area contributed by atoms with E-state index in [0.29, 0.717) is 6.04 Å². The molecule has 1 atom stereocenters. The SMILES string of the molecule is CCCCCC[C@H](C)NCc1ccccc1. The van der Waals surface area contributed by atoms with Crippen LogP contribution in [-0.4, -0.2) is 6.04 Å². The largest absolute Gasteiger partial charge is 0.310 e. The van der Waals surface area contributed by atoms with E-state index < -0.39 is 0 Å². The Hall–Kier alpha value is -0.820. The normalized spacial score (nSPS) is 12.6. The number of rotatable bonds is 8. The van der Waals surface area contributed by atoms with E-state index in [1.54, 1.807) is 0 Å². The summed E-state index contributed by atoms with van der Waals surface area (Å²) in [6.07, 6.45) is 6.74. The Bertz CT molecular complexity index is 255. The van der Waals surface area contributed by atoms with E-state index in [4.69, 9.17) is 0 Å². The highest BCUT2D eigenvalue weighted by Crippen LogP contribution is 2.06. The summed E-state index contributed by atoms with van der Waals surface area (Å²) in [5.41, 5.74) is 1.38. The first kappa shape index (κ1) is 13.2. The van der Waals surface area contributed by atoms with Crippen LogP contribution in [0.3, 0.4) is 0 Å². The molecular formula is C15H25N. The van der Waals surface area contributed by atoms with Crippen molar-refractivity contribution in [3.8, 4) is 0 Å². The summed E-state index contributed by atoms with van der Waals surface area (Å²) in [6.45, 7) is 5.54. The number of hydrogen-bond donors (Lipinski definition) is 1. The number of hydrogen-bond acceptors (Lipinski definition) is 1. The van der Waals surface area contributed by atoms with Crippen molar-refractivity contribution in [2.45, 2.75) is 58.5 Å². The molecule has 0 fully saturated rings. The molecule has 16 heavy (non-hydrogen) atoms. The predicted molar refractivity (Wildman–Crippen MR) is 71.5 cm³/mol. The Morgan fingerprint density at radius 3 is 2.50 bits per heavy atom. The summed E-state index contributed by atoms with van der Waals surface area (Å²) in [6, 6.07) is 11.3. The molecule has 0 heterocycles. The molecule has 0 radical (unpaired) electrons. The van der Waals surface area contributed by atoms with E-state index in [1.807, 2.05) is 0 Å². The Kier molecular flexibility index (Phi) is 6.91. The Labute approximate surface area is 100 Å².